The number of aryl methyl sites for hydroxylation is 2. The molecule has 0 aromatic carbocycles. The fourth-order valence-electron chi connectivity index (χ4n) is 1.93. The van der Waals surface area contributed by atoms with Gasteiger partial charge in [0.25, 0.3) is 0 Å². The van der Waals surface area contributed by atoms with Crippen molar-refractivity contribution in [2.24, 2.45) is 12.8 Å². The summed E-state index contributed by atoms with van der Waals surface area (Å²) >= 11 is 1.81. The van der Waals surface area contributed by atoms with E-state index in [9.17, 15) is 0 Å². The van der Waals surface area contributed by atoms with Gasteiger partial charge in [-0.3, -0.25) is 4.68 Å². The molecule has 0 aliphatic rings. The second-order valence-corrected chi connectivity index (χ2v) is 5.41. The highest BCUT2D eigenvalue weighted by Gasteiger charge is 2.08. The maximum atomic E-state index is 6.11. The van der Waals surface area contributed by atoms with Gasteiger partial charge in [-0.1, -0.05) is 6.92 Å². The molecule has 0 saturated carbocycles. The molecule has 0 aliphatic carbocycles. The van der Waals surface area contributed by atoms with Gasteiger partial charge >= 0.3 is 0 Å². The topological polar surface area (TPSA) is 55.9 Å². The zero-order chi connectivity index (χ0) is 13.0. The summed E-state index contributed by atoms with van der Waals surface area (Å²) in [6.07, 6.45) is 4.89. The maximum absolute atomic E-state index is 6.11. The molecule has 0 amide bonds. The molecule has 3 N–H and O–H groups in total. The summed E-state index contributed by atoms with van der Waals surface area (Å²) in [7, 11) is 1.91. The van der Waals surface area contributed by atoms with E-state index in [1.54, 1.807) is 16.0 Å². The second-order valence-electron chi connectivity index (χ2n) is 4.41. The molecule has 2 aromatic heterocycles. The van der Waals surface area contributed by atoms with Crippen LogP contribution in [0.5, 0.6) is 0 Å². The number of aromatic nitrogens is 2. The first-order chi connectivity index (χ1) is 8.70. The van der Waals surface area contributed by atoms with Gasteiger partial charge in [0.15, 0.2) is 0 Å². The van der Waals surface area contributed by atoms with E-state index in [1.807, 2.05) is 19.4 Å². The molecule has 0 radical (unpaired) electrons. The predicted octanol–water partition coefficient (Wildman–Crippen LogP) is 1.83. The SMILES string of the molecule is CCc1ccsc1CNCC(N)c1cnn(C)c1. The van der Waals surface area contributed by atoms with Crippen LogP contribution >= 0.6 is 11.3 Å². The van der Waals surface area contributed by atoms with Gasteiger partial charge < -0.3 is 11.1 Å². The maximum Gasteiger partial charge on any atom is 0.0537 e. The zero-order valence-electron chi connectivity index (χ0n) is 10.9. The summed E-state index contributed by atoms with van der Waals surface area (Å²) in [6, 6.07) is 2.20. The van der Waals surface area contributed by atoms with E-state index in [1.165, 1.54) is 10.4 Å². The molecule has 0 spiro atoms. The largest absolute Gasteiger partial charge is 0.323 e. The van der Waals surface area contributed by atoms with Gasteiger partial charge in [-0.05, 0) is 23.4 Å². The summed E-state index contributed by atoms with van der Waals surface area (Å²) in [5.74, 6) is 0. The van der Waals surface area contributed by atoms with Crippen LogP contribution < -0.4 is 11.1 Å². The van der Waals surface area contributed by atoms with Crippen LogP contribution in [0.15, 0.2) is 23.8 Å². The van der Waals surface area contributed by atoms with Crippen molar-refractivity contribution in [3.63, 3.8) is 0 Å². The zero-order valence-corrected chi connectivity index (χ0v) is 11.7. The van der Waals surface area contributed by atoms with Gasteiger partial charge in [0.2, 0.25) is 0 Å². The molecule has 5 heteroatoms. The Hall–Kier alpha value is -1.17. The lowest BCUT2D eigenvalue weighted by Crippen LogP contribution is -2.26. The van der Waals surface area contributed by atoms with E-state index in [0.29, 0.717) is 0 Å². The molecule has 98 valence electrons. The monoisotopic (exact) mass is 264 g/mol. The van der Waals surface area contributed by atoms with E-state index in [2.05, 4.69) is 28.8 Å². The van der Waals surface area contributed by atoms with Crippen molar-refractivity contribution in [1.29, 1.82) is 0 Å². The Labute approximate surface area is 112 Å². The smallest absolute Gasteiger partial charge is 0.0537 e. The van der Waals surface area contributed by atoms with E-state index < -0.39 is 0 Å². The van der Waals surface area contributed by atoms with Crippen molar-refractivity contribution < 1.29 is 0 Å². The average molecular weight is 264 g/mol. The minimum absolute atomic E-state index is 0.00346. The van der Waals surface area contributed by atoms with Crippen molar-refractivity contribution in [1.82, 2.24) is 15.1 Å². The van der Waals surface area contributed by atoms with Crippen molar-refractivity contribution in [2.45, 2.75) is 25.9 Å². The van der Waals surface area contributed by atoms with Crippen molar-refractivity contribution in [3.8, 4) is 0 Å². The second kappa shape index (κ2) is 6.13. The summed E-state index contributed by atoms with van der Waals surface area (Å²) in [6.45, 7) is 3.86. The summed E-state index contributed by atoms with van der Waals surface area (Å²) in [5.41, 5.74) is 8.61. The van der Waals surface area contributed by atoms with Crippen LogP contribution in [0.3, 0.4) is 0 Å². The first-order valence-electron chi connectivity index (χ1n) is 6.20. The molecule has 2 aromatic rings. The van der Waals surface area contributed by atoms with Gasteiger partial charge in [0.05, 0.1) is 6.20 Å². The predicted molar refractivity (Wildman–Crippen MR) is 75.5 cm³/mol. The Morgan fingerprint density at radius 2 is 2.39 bits per heavy atom. The number of thiophene rings is 1. The molecular weight excluding hydrogens is 244 g/mol. The van der Waals surface area contributed by atoms with Crippen molar-refractivity contribution in [2.75, 3.05) is 6.54 Å². The van der Waals surface area contributed by atoms with Gasteiger partial charge in [-0.2, -0.15) is 5.10 Å². The van der Waals surface area contributed by atoms with Gasteiger partial charge in [-0.15, -0.1) is 11.3 Å². The van der Waals surface area contributed by atoms with E-state index in [4.69, 9.17) is 5.73 Å². The first kappa shape index (κ1) is 13.3. The van der Waals surface area contributed by atoms with Crippen LogP contribution in [0, 0.1) is 0 Å². The Kier molecular flexibility index (Phi) is 4.52. The lowest BCUT2D eigenvalue weighted by atomic mass is 10.1. The Bertz CT molecular complexity index is 489. The molecule has 0 saturated heterocycles. The molecular formula is C13H20N4S. The number of rotatable bonds is 6. The number of nitrogens with zero attached hydrogens (tertiary/aromatic N) is 2. The van der Waals surface area contributed by atoms with Crippen LogP contribution in [0.2, 0.25) is 0 Å². The highest BCUT2D eigenvalue weighted by Crippen LogP contribution is 2.17. The minimum Gasteiger partial charge on any atom is -0.323 e. The molecule has 0 bridgehead atoms. The Balaban J connectivity index is 1.82. The van der Waals surface area contributed by atoms with Gasteiger partial charge in [0.1, 0.15) is 0 Å². The third-order valence-corrected chi connectivity index (χ3v) is 3.98. The molecule has 0 aliphatic heterocycles. The van der Waals surface area contributed by atoms with Crippen molar-refractivity contribution in [3.05, 3.63) is 39.8 Å². The normalized spacial score (nSPS) is 12.8. The third kappa shape index (κ3) is 3.19. The van der Waals surface area contributed by atoms with Crippen LogP contribution in [-0.2, 0) is 20.0 Å². The van der Waals surface area contributed by atoms with Crippen LogP contribution in [0.25, 0.3) is 0 Å². The Morgan fingerprint density at radius 1 is 1.56 bits per heavy atom. The average Bonchev–Trinajstić information content (AvgIpc) is 2.97. The molecule has 2 rings (SSSR count). The van der Waals surface area contributed by atoms with Crippen LogP contribution in [0.1, 0.15) is 29.0 Å². The highest BCUT2D eigenvalue weighted by molar-refractivity contribution is 7.10. The number of nitrogens with two attached hydrogens (primary N) is 1. The molecule has 4 nitrogen and oxygen atoms in total. The van der Waals surface area contributed by atoms with E-state index in [0.717, 1.165) is 25.1 Å². The summed E-state index contributed by atoms with van der Waals surface area (Å²) in [4.78, 5) is 1.41. The first-order valence-corrected chi connectivity index (χ1v) is 7.08. The fourth-order valence-corrected chi connectivity index (χ4v) is 2.87. The quantitative estimate of drug-likeness (QED) is 0.837. The van der Waals surface area contributed by atoms with Gasteiger partial charge in [0, 0.05) is 42.8 Å². The molecule has 1 unspecified atom stereocenters. The lowest BCUT2D eigenvalue weighted by molar-refractivity contribution is 0.599. The standard InChI is InChI=1S/C13H20N4S/c1-3-10-4-5-18-13(10)8-15-7-12(14)11-6-16-17(2)9-11/h4-6,9,12,15H,3,7-8,14H2,1-2H3. The van der Waals surface area contributed by atoms with Crippen LogP contribution in [-0.4, -0.2) is 16.3 Å². The fraction of sp³-hybridized carbons (Fsp3) is 0.462. The molecule has 0 fully saturated rings. The molecule has 1 atom stereocenters. The van der Waals surface area contributed by atoms with E-state index in [-0.39, 0.29) is 6.04 Å². The highest BCUT2D eigenvalue weighted by atomic mass is 32.1. The lowest BCUT2D eigenvalue weighted by Gasteiger charge is -2.11. The molecule has 2 heterocycles. The number of nitrogens with one attached hydrogen (secondary N) is 1. The molecule has 18 heavy (non-hydrogen) atoms. The van der Waals surface area contributed by atoms with Gasteiger partial charge in [-0.25, -0.2) is 0 Å². The third-order valence-electron chi connectivity index (χ3n) is 3.02. The minimum atomic E-state index is 0.00346. The summed E-state index contributed by atoms with van der Waals surface area (Å²) in [5, 5.41) is 9.70. The van der Waals surface area contributed by atoms with Crippen molar-refractivity contribution >= 4 is 11.3 Å². The Morgan fingerprint density at radius 3 is 3.06 bits per heavy atom. The number of hydrogen-bond donors (Lipinski definition) is 2. The van der Waals surface area contributed by atoms with E-state index >= 15 is 0 Å². The van der Waals surface area contributed by atoms with Crippen LogP contribution in [0.4, 0.5) is 0 Å². The number of hydrogen-bond acceptors (Lipinski definition) is 4. The summed E-state index contributed by atoms with van der Waals surface area (Å²) < 4.78 is 1.78.